The molecule has 4 rings (SSSR count). The number of hydrogen-bond donors (Lipinski definition) is 3. The van der Waals surface area contributed by atoms with E-state index in [4.69, 9.17) is 5.73 Å². The van der Waals surface area contributed by atoms with E-state index in [9.17, 15) is 18.3 Å². The molecule has 0 saturated carbocycles. The number of halogens is 3. The van der Waals surface area contributed by atoms with Crippen molar-refractivity contribution in [2.75, 3.05) is 5.32 Å². The fourth-order valence-electron chi connectivity index (χ4n) is 3.90. The first-order valence-corrected chi connectivity index (χ1v) is 13.6. The normalized spacial score (nSPS) is 14.4. The number of rotatable bonds is 6. The van der Waals surface area contributed by atoms with Crippen molar-refractivity contribution in [2.24, 2.45) is 10.7 Å². The average molecular weight is 558 g/mol. The fourth-order valence-corrected chi connectivity index (χ4v) is 3.90. The summed E-state index contributed by atoms with van der Waals surface area (Å²) in [4.78, 5) is 9.38. The number of benzene rings is 1. The minimum absolute atomic E-state index is 0.0359. The number of aliphatic hydroxyl groups is 1. The molecule has 0 radical (unpaired) electrons. The molecule has 4 N–H and O–H groups in total. The molecule has 0 bridgehead atoms. The molecule has 0 fully saturated rings. The standard InChI is InChI=1S/C17H16F3N5O.C10H14.2C2H6/c1-10-8-13(21)23-16-12(5-3-7-25(10)16)14(17(18,19)20)24-15-11(9-26)4-2-6-22-15;1-3-9-7-5-6-8-10(9)4-2;2*1-2/h2-8,14,26H,1,9,21H2,(H,22,24);5-8H,3-4H2,1-2H3;2*1-2H3. The molecule has 6 nitrogen and oxygen atoms in total. The molecular weight excluding hydrogens is 515 g/mol. The van der Waals surface area contributed by atoms with Gasteiger partial charge in [0.05, 0.1) is 6.61 Å². The highest BCUT2D eigenvalue weighted by atomic mass is 19.4. The Bertz CT molecular complexity index is 1190. The second-order valence-corrected chi connectivity index (χ2v) is 8.09. The number of aliphatic hydroxyl groups excluding tert-OH is 1. The smallest absolute Gasteiger partial charge is 0.392 e. The first-order chi connectivity index (χ1) is 19.2. The Morgan fingerprint density at radius 2 is 1.57 bits per heavy atom. The number of hydrogen-bond acceptors (Lipinski definition) is 6. The minimum atomic E-state index is -4.65. The summed E-state index contributed by atoms with van der Waals surface area (Å²) in [5.74, 6) is 0.0455. The number of aromatic nitrogens is 1. The van der Waals surface area contributed by atoms with Gasteiger partial charge in [-0.3, -0.25) is 0 Å². The Morgan fingerprint density at radius 1 is 1.00 bits per heavy atom. The largest absolute Gasteiger partial charge is 0.412 e. The number of aliphatic imine (C=N–C) groups is 1. The zero-order valence-electron chi connectivity index (χ0n) is 24.3. The van der Waals surface area contributed by atoms with Crippen LogP contribution >= 0.6 is 0 Å². The molecule has 1 atom stereocenters. The summed E-state index contributed by atoms with van der Waals surface area (Å²) in [6.45, 7) is 15.7. The highest BCUT2D eigenvalue weighted by Gasteiger charge is 2.45. The van der Waals surface area contributed by atoms with Gasteiger partial charge in [-0.25, -0.2) is 9.98 Å². The van der Waals surface area contributed by atoms with Gasteiger partial charge in [-0.2, -0.15) is 13.2 Å². The highest BCUT2D eigenvalue weighted by Crippen LogP contribution is 2.33. The van der Waals surface area contributed by atoms with Crippen LogP contribution in [-0.4, -0.2) is 33.0 Å². The van der Waals surface area contributed by atoms with E-state index in [0.29, 0.717) is 5.70 Å². The van der Waals surface area contributed by atoms with Gasteiger partial charge in [0, 0.05) is 35.3 Å². The Labute approximate surface area is 236 Å². The van der Waals surface area contributed by atoms with E-state index in [1.165, 1.54) is 52.6 Å². The zero-order chi connectivity index (χ0) is 30.3. The van der Waals surface area contributed by atoms with E-state index in [1.807, 2.05) is 27.7 Å². The minimum Gasteiger partial charge on any atom is -0.392 e. The van der Waals surface area contributed by atoms with E-state index in [0.717, 1.165) is 12.8 Å². The molecule has 1 aromatic carbocycles. The monoisotopic (exact) mass is 557 g/mol. The molecule has 0 spiro atoms. The summed E-state index contributed by atoms with van der Waals surface area (Å²) in [6.07, 6.45) is 4.82. The molecule has 9 heteroatoms. The Hall–Kier alpha value is -3.85. The summed E-state index contributed by atoms with van der Waals surface area (Å²) in [6, 6.07) is 9.55. The van der Waals surface area contributed by atoms with Crippen molar-refractivity contribution in [3.05, 3.63) is 107 Å². The first kappa shape index (κ1) is 34.2. The SMILES string of the molecule is C=C1C=C(N)N=C2C(C(Nc3ncccc3CO)C(F)(F)F)=CC=CN12.CC.CC.CCc1ccccc1CC. The lowest BCUT2D eigenvalue weighted by Crippen LogP contribution is -2.45. The lowest BCUT2D eigenvalue weighted by Gasteiger charge is -2.34. The van der Waals surface area contributed by atoms with E-state index in [2.05, 4.69) is 60.0 Å². The lowest BCUT2D eigenvalue weighted by atomic mass is 10.0. The maximum atomic E-state index is 13.8. The van der Waals surface area contributed by atoms with Crippen LogP contribution in [0.3, 0.4) is 0 Å². The Balaban J connectivity index is 0.000000477. The Kier molecular flexibility index (Phi) is 14.5. The Morgan fingerprint density at radius 3 is 2.10 bits per heavy atom. The molecule has 3 heterocycles. The van der Waals surface area contributed by atoms with Gasteiger partial charge < -0.3 is 21.1 Å². The van der Waals surface area contributed by atoms with Crippen LogP contribution in [0.4, 0.5) is 19.0 Å². The number of pyridine rings is 1. The first-order valence-electron chi connectivity index (χ1n) is 13.6. The molecule has 1 aromatic heterocycles. The van der Waals surface area contributed by atoms with Crippen molar-refractivity contribution >= 4 is 11.7 Å². The zero-order valence-corrected chi connectivity index (χ0v) is 24.3. The summed E-state index contributed by atoms with van der Waals surface area (Å²) >= 11 is 0. The molecule has 2 aliphatic rings. The van der Waals surface area contributed by atoms with Crippen LogP contribution in [0, 0.1) is 0 Å². The number of alkyl halides is 3. The quantitative estimate of drug-likeness (QED) is 0.348. The predicted molar refractivity (Wildman–Crippen MR) is 159 cm³/mol. The van der Waals surface area contributed by atoms with Crippen LogP contribution in [-0.2, 0) is 19.4 Å². The summed E-state index contributed by atoms with van der Waals surface area (Å²) in [5, 5.41) is 11.7. The van der Waals surface area contributed by atoms with Gasteiger partial charge in [0.1, 0.15) is 17.5 Å². The number of anilines is 1. The van der Waals surface area contributed by atoms with Gasteiger partial charge in [0.2, 0.25) is 0 Å². The van der Waals surface area contributed by atoms with E-state index < -0.39 is 18.8 Å². The van der Waals surface area contributed by atoms with Gasteiger partial charge in [0.25, 0.3) is 0 Å². The van der Waals surface area contributed by atoms with Crippen LogP contribution in [0.25, 0.3) is 0 Å². The van der Waals surface area contributed by atoms with Crippen LogP contribution in [0.5, 0.6) is 0 Å². The van der Waals surface area contributed by atoms with Crippen molar-refractivity contribution in [3.8, 4) is 0 Å². The molecule has 2 aromatic rings. The van der Waals surface area contributed by atoms with Crippen molar-refractivity contribution in [1.29, 1.82) is 0 Å². The molecule has 0 aliphatic carbocycles. The van der Waals surface area contributed by atoms with Crippen molar-refractivity contribution in [3.63, 3.8) is 0 Å². The van der Waals surface area contributed by atoms with Crippen molar-refractivity contribution in [1.82, 2.24) is 9.88 Å². The maximum absolute atomic E-state index is 13.8. The van der Waals surface area contributed by atoms with Gasteiger partial charge >= 0.3 is 6.18 Å². The van der Waals surface area contributed by atoms with Gasteiger partial charge in [0.15, 0.2) is 6.04 Å². The third-order valence-electron chi connectivity index (χ3n) is 5.72. The number of amidine groups is 1. The summed E-state index contributed by atoms with van der Waals surface area (Å²) in [5.41, 5.74) is 9.19. The van der Waals surface area contributed by atoms with Crippen molar-refractivity contribution < 1.29 is 18.3 Å². The molecule has 40 heavy (non-hydrogen) atoms. The number of fused-ring (bicyclic) bond motifs is 1. The summed E-state index contributed by atoms with van der Waals surface area (Å²) < 4.78 is 41.5. The van der Waals surface area contributed by atoms with E-state index in [-0.39, 0.29) is 28.6 Å². The van der Waals surface area contributed by atoms with E-state index in [1.54, 1.807) is 6.20 Å². The van der Waals surface area contributed by atoms with Crippen LogP contribution < -0.4 is 11.1 Å². The number of allylic oxidation sites excluding steroid dienone is 3. The third kappa shape index (κ3) is 9.12. The van der Waals surface area contributed by atoms with Crippen LogP contribution in [0.15, 0.2) is 95.7 Å². The number of aryl methyl sites for hydroxylation is 2. The summed E-state index contributed by atoms with van der Waals surface area (Å²) in [7, 11) is 0. The van der Waals surface area contributed by atoms with Crippen LogP contribution in [0.1, 0.15) is 58.2 Å². The second-order valence-electron chi connectivity index (χ2n) is 8.09. The van der Waals surface area contributed by atoms with Crippen LogP contribution in [0.2, 0.25) is 0 Å². The van der Waals surface area contributed by atoms with Gasteiger partial charge in [-0.15, -0.1) is 0 Å². The fraction of sp³-hybridized carbons (Fsp3) is 0.355. The molecule has 218 valence electrons. The van der Waals surface area contributed by atoms with E-state index >= 15 is 0 Å². The molecule has 0 amide bonds. The number of nitrogens with two attached hydrogens (primary N) is 1. The molecule has 0 saturated heterocycles. The van der Waals surface area contributed by atoms with Crippen molar-refractivity contribution in [2.45, 2.75) is 73.2 Å². The number of nitrogens with zero attached hydrogens (tertiary/aromatic N) is 3. The molecule has 2 aliphatic heterocycles. The molecule has 1 unspecified atom stereocenters. The topological polar surface area (TPSA) is 86.8 Å². The lowest BCUT2D eigenvalue weighted by molar-refractivity contribution is -0.133. The van der Waals surface area contributed by atoms with Gasteiger partial charge in [-0.05, 0) is 36.1 Å². The maximum Gasteiger partial charge on any atom is 0.412 e. The highest BCUT2D eigenvalue weighted by molar-refractivity contribution is 6.04. The second kappa shape index (κ2) is 17.0. The average Bonchev–Trinajstić information content (AvgIpc) is 2.97. The molecular formula is C31H42F3N5O. The predicted octanol–water partition coefficient (Wildman–Crippen LogP) is 7.26. The van der Waals surface area contributed by atoms with Gasteiger partial charge in [-0.1, -0.05) is 84.5 Å². The number of nitrogens with one attached hydrogen (secondary N) is 1. The third-order valence-corrected chi connectivity index (χ3v) is 5.72.